The van der Waals surface area contributed by atoms with Crippen molar-refractivity contribution in [1.29, 1.82) is 0 Å². The Kier molecular flexibility index (Phi) is 4.69. The molecule has 0 amide bonds. The summed E-state index contributed by atoms with van der Waals surface area (Å²) in [5.41, 5.74) is 0.776. The zero-order valence-corrected chi connectivity index (χ0v) is 15.5. The first kappa shape index (κ1) is 18.1. The molecule has 1 aliphatic carbocycles. The minimum absolute atomic E-state index is 0.226. The summed E-state index contributed by atoms with van der Waals surface area (Å²) in [5.74, 6) is -3.28. The normalized spacial score (nSPS) is 13.6. The second kappa shape index (κ2) is 7.01. The van der Waals surface area contributed by atoms with Gasteiger partial charge in [0.15, 0.2) is 16.6 Å². The molecule has 0 fully saturated rings. The number of ether oxygens (including phenoxy) is 1. The van der Waals surface area contributed by atoms with Gasteiger partial charge in [0.25, 0.3) is 5.56 Å². The third-order valence-electron chi connectivity index (χ3n) is 4.40. The van der Waals surface area contributed by atoms with Crippen molar-refractivity contribution in [2.45, 2.75) is 32.3 Å². The van der Waals surface area contributed by atoms with E-state index in [4.69, 9.17) is 16.3 Å². The maximum absolute atomic E-state index is 13.3. The molecule has 0 spiro atoms. The number of carbonyl (C=O) groups is 1. The van der Waals surface area contributed by atoms with Gasteiger partial charge in [-0.15, -0.1) is 11.3 Å². The lowest BCUT2D eigenvalue weighted by Crippen LogP contribution is -2.18. The highest BCUT2D eigenvalue weighted by atomic mass is 35.5. The van der Waals surface area contributed by atoms with Gasteiger partial charge in [-0.2, -0.15) is 0 Å². The Hall–Kier alpha value is -2.32. The van der Waals surface area contributed by atoms with Crippen LogP contribution in [0.2, 0.25) is 5.02 Å². The Morgan fingerprint density at radius 2 is 1.96 bits per heavy atom. The van der Waals surface area contributed by atoms with E-state index >= 15 is 0 Å². The van der Waals surface area contributed by atoms with E-state index < -0.39 is 17.6 Å². The number of hydrogen-bond donors (Lipinski definition) is 0. The molecule has 140 valence electrons. The number of carbonyl (C=O) groups excluding carboxylic acids is 1. The Morgan fingerprint density at radius 1 is 1.22 bits per heavy atom. The van der Waals surface area contributed by atoms with Crippen LogP contribution < -0.4 is 5.56 Å². The fraction of sp³-hybridized carbons (Fsp3) is 0.278. The van der Waals surface area contributed by atoms with Crippen molar-refractivity contribution >= 4 is 33.9 Å². The zero-order chi connectivity index (χ0) is 19.1. The maximum Gasteiger partial charge on any atom is 0.340 e. The van der Waals surface area contributed by atoms with Gasteiger partial charge in [-0.25, -0.2) is 18.6 Å². The molecule has 0 radical (unpaired) electrons. The summed E-state index contributed by atoms with van der Waals surface area (Å²) in [6.45, 7) is -0.275. The van der Waals surface area contributed by atoms with Gasteiger partial charge in [0, 0.05) is 16.6 Å². The molecule has 3 aromatic rings. The molecule has 9 heteroatoms. The van der Waals surface area contributed by atoms with E-state index in [1.54, 1.807) is 4.40 Å². The van der Waals surface area contributed by atoms with Crippen LogP contribution in [0, 0.1) is 11.6 Å². The second-order valence-electron chi connectivity index (χ2n) is 6.21. The van der Waals surface area contributed by atoms with Crippen molar-refractivity contribution in [3.05, 3.63) is 67.0 Å². The lowest BCUT2D eigenvalue weighted by atomic mass is 10.0. The topological polar surface area (TPSA) is 60.7 Å². The van der Waals surface area contributed by atoms with Gasteiger partial charge < -0.3 is 4.74 Å². The first-order valence-electron chi connectivity index (χ1n) is 8.29. The van der Waals surface area contributed by atoms with Gasteiger partial charge in [-0.1, -0.05) is 11.6 Å². The van der Waals surface area contributed by atoms with Crippen LogP contribution in [-0.2, 0) is 24.2 Å². The van der Waals surface area contributed by atoms with Crippen LogP contribution in [0.5, 0.6) is 0 Å². The van der Waals surface area contributed by atoms with Crippen LogP contribution in [0.25, 0.3) is 4.96 Å². The number of aryl methyl sites for hydroxylation is 2. The molecule has 1 aromatic carbocycles. The number of halogens is 3. The Morgan fingerprint density at radius 3 is 2.78 bits per heavy atom. The van der Waals surface area contributed by atoms with E-state index in [9.17, 15) is 18.4 Å². The first-order chi connectivity index (χ1) is 12.9. The van der Waals surface area contributed by atoms with Gasteiger partial charge in [-0.05, 0) is 37.8 Å². The van der Waals surface area contributed by atoms with E-state index in [2.05, 4.69) is 4.98 Å². The minimum Gasteiger partial charge on any atom is -0.456 e. The monoisotopic (exact) mass is 410 g/mol. The number of aromatic nitrogens is 2. The molecule has 0 saturated heterocycles. The Bertz CT molecular complexity index is 1130. The molecule has 0 unspecified atom stereocenters. The third-order valence-corrected chi connectivity index (χ3v) is 5.85. The average Bonchev–Trinajstić information content (AvgIpc) is 3.01. The van der Waals surface area contributed by atoms with Crippen molar-refractivity contribution < 1.29 is 18.3 Å². The highest BCUT2D eigenvalue weighted by Gasteiger charge is 2.20. The highest BCUT2D eigenvalue weighted by molar-refractivity contribution is 7.17. The fourth-order valence-electron chi connectivity index (χ4n) is 3.11. The van der Waals surface area contributed by atoms with Crippen molar-refractivity contribution in [2.75, 3.05) is 0 Å². The smallest absolute Gasteiger partial charge is 0.340 e. The fourth-order valence-corrected chi connectivity index (χ4v) is 4.57. The molecular weight excluding hydrogens is 398 g/mol. The number of benzene rings is 1. The standard InChI is InChI=1S/C18H13ClF2N2O3S/c19-11-7-13(21)12(20)6-10(11)17(25)26-8-9-5-16(24)23-14-3-1-2-4-15(14)27-18(23)22-9/h5-7H,1-4,8H2. The van der Waals surface area contributed by atoms with Crippen LogP contribution in [0.1, 0.15) is 39.5 Å². The molecular formula is C18H13ClF2N2O3S. The molecule has 2 heterocycles. The van der Waals surface area contributed by atoms with Crippen LogP contribution in [0.15, 0.2) is 23.0 Å². The number of rotatable bonds is 3. The summed E-state index contributed by atoms with van der Waals surface area (Å²) >= 11 is 7.23. The number of esters is 1. The number of nitrogens with zero attached hydrogens (tertiary/aromatic N) is 2. The number of thiazole rings is 1. The van der Waals surface area contributed by atoms with Crippen LogP contribution >= 0.6 is 22.9 Å². The van der Waals surface area contributed by atoms with Gasteiger partial charge in [0.2, 0.25) is 0 Å². The Labute approximate surface area is 161 Å². The summed E-state index contributed by atoms with van der Waals surface area (Å²) in [5, 5.41) is -0.256. The quantitative estimate of drug-likeness (QED) is 0.485. The van der Waals surface area contributed by atoms with Crippen molar-refractivity contribution in [3.63, 3.8) is 0 Å². The van der Waals surface area contributed by atoms with Crippen molar-refractivity contribution in [1.82, 2.24) is 9.38 Å². The molecule has 2 aromatic heterocycles. The van der Waals surface area contributed by atoms with Gasteiger partial charge in [0.05, 0.1) is 16.3 Å². The van der Waals surface area contributed by atoms with E-state index in [0.717, 1.165) is 36.3 Å². The zero-order valence-electron chi connectivity index (χ0n) is 13.9. The highest BCUT2D eigenvalue weighted by Crippen LogP contribution is 2.28. The number of hydrogen-bond acceptors (Lipinski definition) is 5. The van der Waals surface area contributed by atoms with Crippen LogP contribution in [-0.4, -0.2) is 15.4 Å². The molecule has 0 atom stereocenters. The molecule has 0 saturated carbocycles. The summed E-state index contributed by atoms with van der Waals surface area (Å²) in [6.07, 6.45) is 3.91. The largest absolute Gasteiger partial charge is 0.456 e. The van der Waals surface area contributed by atoms with Crippen LogP contribution in [0.4, 0.5) is 8.78 Å². The summed E-state index contributed by atoms with van der Waals surface area (Å²) in [6, 6.07) is 2.70. The van der Waals surface area contributed by atoms with Crippen molar-refractivity contribution in [2.24, 2.45) is 0 Å². The summed E-state index contributed by atoms with van der Waals surface area (Å²) in [4.78, 5) is 30.7. The lowest BCUT2D eigenvalue weighted by molar-refractivity contribution is 0.0467. The predicted molar refractivity (Wildman–Crippen MR) is 96.5 cm³/mol. The van der Waals surface area contributed by atoms with E-state index in [1.165, 1.54) is 17.4 Å². The van der Waals surface area contributed by atoms with Crippen LogP contribution in [0.3, 0.4) is 0 Å². The first-order valence-corrected chi connectivity index (χ1v) is 9.48. The average molecular weight is 411 g/mol. The SMILES string of the molecule is O=C(OCc1cc(=O)n2c3c(sc2n1)CCCC3)c1cc(F)c(F)cc1Cl. The number of fused-ring (bicyclic) bond motifs is 3. The van der Waals surface area contributed by atoms with Gasteiger partial charge in [-0.3, -0.25) is 9.20 Å². The molecule has 1 aliphatic rings. The minimum atomic E-state index is -1.20. The third kappa shape index (κ3) is 3.35. The Balaban J connectivity index is 1.58. The molecule has 27 heavy (non-hydrogen) atoms. The van der Waals surface area contributed by atoms with Gasteiger partial charge >= 0.3 is 5.97 Å². The second-order valence-corrected chi connectivity index (χ2v) is 7.67. The molecule has 0 N–H and O–H groups in total. The molecule has 0 aliphatic heterocycles. The van der Waals surface area contributed by atoms with E-state index in [1.807, 2.05) is 0 Å². The lowest BCUT2D eigenvalue weighted by Gasteiger charge is -2.10. The molecule has 0 bridgehead atoms. The maximum atomic E-state index is 13.3. The van der Waals surface area contributed by atoms with E-state index in [-0.39, 0.29) is 28.4 Å². The predicted octanol–water partition coefficient (Wildman–Crippen LogP) is 3.92. The summed E-state index contributed by atoms with van der Waals surface area (Å²) < 4.78 is 33.1. The summed E-state index contributed by atoms with van der Waals surface area (Å²) in [7, 11) is 0. The molecule has 4 rings (SSSR count). The van der Waals surface area contributed by atoms with E-state index in [0.29, 0.717) is 17.1 Å². The van der Waals surface area contributed by atoms with Crippen molar-refractivity contribution in [3.8, 4) is 0 Å². The molecule has 5 nitrogen and oxygen atoms in total. The van der Waals surface area contributed by atoms with Gasteiger partial charge in [0.1, 0.15) is 6.61 Å².